The van der Waals surface area contributed by atoms with Gasteiger partial charge in [-0.2, -0.15) is 0 Å². The first-order valence-corrected chi connectivity index (χ1v) is 11.4. The third kappa shape index (κ3) is 9.28. The van der Waals surface area contributed by atoms with Crippen LogP contribution >= 0.6 is 0 Å². The summed E-state index contributed by atoms with van der Waals surface area (Å²) in [5.74, 6) is -0.0636. The van der Waals surface area contributed by atoms with Crippen molar-refractivity contribution in [1.82, 2.24) is 9.97 Å². The first kappa shape index (κ1) is 25.7. The quantitative estimate of drug-likeness (QED) is 0.328. The highest BCUT2D eigenvalue weighted by Crippen LogP contribution is 2.22. The van der Waals surface area contributed by atoms with Gasteiger partial charge in [0.25, 0.3) is 0 Å². The zero-order valence-corrected chi connectivity index (χ0v) is 19.0. The van der Waals surface area contributed by atoms with Gasteiger partial charge in [-0.25, -0.2) is 18.7 Å². The standard InChI is InChI=1S/C25H34F2N2O3/c1-3-4-5-6-7-20-14-15-28-25(29-20)19-9-11-21(12-10-19)32-17-23(27)22(26)16-18(2)8-13-24(30)31/h9-12,14-15,18,22-23H,3-8,13,16-17H2,1-2H3,(H,30,31)/t18?,22-,23-/m1/s1. The molecule has 1 N–H and O–H groups in total. The molecule has 0 saturated carbocycles. The second-order valence-electron chi connectivity index (χ2n) is 8.32. The van der Waals surface area contributed by atoms with Crippen molar-refractivity contribution in [2.24, 2.45) is 5.92 Å². The van der Waals surface area contributed by atoms with Crippen LogP contribution in [-0.2, 0) is 11.2 Å². The molecule has 0 bridgehead atoms. The highest BCUT2D eigenvalue weighted by atomic mass is 19.2. The Morgan fingerprint density at radius 2 is 1.84 bits per heavy atom. The number of unbranched alkanes of at least 4 members (excludes halogenated alkanes) is 3. The molecule has 2 aromatic rings. The monoisotopic (exact) mass is 448 g/mol. The number of alkyl halides is 2. The van der Waals surface area contributed by atoms with Crippen LogP contribution in [0.1, 0.15) is 64.5 Å². The second-order valence-corrected chi connectivity index (χ2v) is 8.32. The molecule has 5 nitrogen and oxygen atoms in total. The Hall–Kier alpha value is -2.57. The Balaban J connectivity index is 1.83. The van der Waals surface area contributed by atoms with Crippen molar-refractivity contribution in [3.05, 3.63) is 42.2 Å². The summed E-state index contributed by atoms with van der Waals surface area (Å²) in [6.07, 6.45) is 4.21. The molecule has 176 valence electrons. The molecule has 0 radical (unpaired) electrons. The maximum atomic E-state index is 14.1. The molecular weight excluding hydrogens is 414 g/mol. The van der Waals surface area contributed by atoms with Crippen LogP contribution in [0, 0.1) is 5.92 Å². The van der Waals surface area contributed by atoms with E-state index in [-0.39, 0.29) is 18.8 Å². The van der Waals surface area contributed by atoms with Gasteiger partial charge in [0.1, 0.15) is 18.5 Å². The fourth-order valence-corrected chi connectivity index (χ4v) is 3.41. The van der Waals surface area contributed by atoms with Crippen LogP contribution < -0.4 is 4.74 Å². The number of carboxylic acids is 1. The highest BCUT2D eigenvalue weighted by molar-refractivity contribution is 5.66. The van der Waals surface area contributed by atoms with Gasteiger partial charge in [0.15, 0.2) is 12.0 Å². The van der Waals surface area contributed by atoms with Crippen LogP contribution in [0.15, 0.2) is 36.5 Å². The molecule has 2 rings (SSSR count). The third-order valence-corrected chi connectivity index (χ3v) is 5.39. The van der Waals surface area contributed by atoms with Gasteiger partial charge in [-0.1, -0.05) is 33.1 Å². The second kappa shape index (κ2) is 13.8. The number of carboxylic acid groups (broad SMARTS) is 1. The van der Waals surface area contributed by atoms with Gasteiger partial charge in [-0.3, -0.25) is 4.79 Å². The van der Waals surface area contributed by atoms with Crippen molar-refractivity contribution >= 4 is 5.97 Å². The molecular formula is C25H34F2N2O3. The topological polar surface area (TPSA) is 72.3 Å². The molecule has 32 heavy (non-hydrogen) atoms. The van der Waals surface area contributed by atoms with E-state index in [1.807, 2.05) is 6.07 Å². The summed E-state index contributed by atoms with van der Waals surface area (Å²) in [4.78, 5) is 19.5. The van der Waals surface area contributed by atoms with Crippen LogP contribution in [0.3, 0.4) is 0 Å². The third-order valence-electron chi connectivity index (χ3n) is 5.39. The van der Waals surface area contributed by atoms with Crippen LogP contribution in [-0.4, -0.2) is 40.0 Å². The average molecular weight is 449 g/mol. The Labute approximate surface area is 189 Å². The summed E-state index contributed by atoms with van der Waals surface area (Å²) in [7, 11) is 0. The number of carbonyl (C=O) groups is 1. The van der Waals surface area contributed by atoms with Crippen LogP contribution in [0.4, 0.5) is 8.78 Å². The molecule has 1 unspecified atom stereocenters. The van der Waals surface area contributed by atoms with Gasteiger partial charge in [0, 0.05) is 23.9 Å². The summed E-state index contributed by atoms with van der Waals surface area (Å²) in [5.41, 5.74) is 1.85. The Morgan fingerprint density at radius 1 is 1.09 bits per heavy atom. The average Bonchev–Trinajstić information content (AvgIpc) is 2.79. The zero-order valence-electron chi connectivity index (χ0n) is 19.0. The number of nitrogens with zero attached hydrogens (tertiary/aromatic N) is 2. The Morgan fingerprint density at radius 3 is 2.53 bits per heavy atom. The number of aromatic nitrogens is 2. The molecule has 0 amide bonds. The molecule has 1 heterocycles. The number of hydrogen-bond acceptors (Lipinski definition) is 4. The van der Waals surface area contributed by atoms with Gasteiger partial charge in [0.05, 0.1) is 0 Å². The van der Waals surface area contributed by atoms with E-state index in [0.29, 0.717) is 18.0 Å². The van der Waals surface area contributed by atoms with Crippen LogP contribution in [0.2, 0.25) is 0 Å². The fraction of sp³-hybridized carbons (Fsp3) is 0.560. The lowest BCUT2D eigenvalue weighted by molar-refractivity contribution is -0.137. The molecule has 1 aromatic heterocycles. The Bertz CT molecular complexity index is 817. The van der Waals surface area contributed by atoms with Gasteiger partial charge in [-0.15, -0.1) is 0 Å². The predicted octanol–water partition coefficient (Wildman–Crippen LogP) is 6.21. The number of hydrogen-bond donors (Lipinski definition) is 1. The van der Waals surface area contributed by atoms with Crippen molar-refractivity contribution in [2.45, 2.75) is 77.6 Å². The summed E-state index contributed by atoms with van der Waals surface area (Å²) in [6.45, 7) is 3.52. The van der Waals surface area contributed by atoms with Crippen molar-refractivity contribution in [1.29, 1.82) is 0 Å². The first-order valence-electron chi connectivity index (χ1n) is 11.4. The smallest absolute Gasteiger partial charge is 0.303 e. The molecule has 0 aliphatic heterocycles. The zero-order chi connectivity index (χ0) is 23.3. The molecule has 0 aliphatic rings. The van der Waals surface area contributed by atoms with Crippen molar-refractivity contribution in [2.75, 3.05) is 6.61 Å². The van der Waals surface area contributed by atoms with E-state index in [0.717, 1.165) is 24.1 Å². The molecule has 7 heteroatoms. The van der Waals surface area contributed by atoms with Crippen LogP contribution in [0.25, 0.3) is 11.4 Å². The van der Waals surface area contributed by atoms with E-state index < -0.39 is 24.9 Å². The minimum absolute atomic E-state index is 0.0249. The van der Waals surface area contributed by atoms with Crippen molar-refractivity contribution < 1.29 is 23.4 Å². The maximum Gasteiger partial charge on any atom is 0.303 e. The largest absolute Gasteiger partial charge is 0.490 e. The van der Waals surface area contributed by atoms with E-state index in [2.05, 4.69) is 16.9 Å². The van der Waals surface area contributed by atoms with Gasteiger partial charge in [0.2, 0.25) is 0 Å². The molecule has 0 saturated heterocycles. The van der Waals surface area contributed by atoms with E-state index in [4.69, 9.17) is 9.84 Å². The summed E-state index contributed by atoms with van der Waals surface area (Å²) < 4.78 is 33.7. The van der Waals surface area contributed by atoms with E-state index in [1.54, 1.807) is 37.4 Å². The normalized spacial score (nSPS) is 14.0. The van der Waals surface area contributed by atoms with Gasteiger partial charge < -0.3 is 9.84 Å². The van der Waals surface area contributed by atoms with Crippen molar-refractivity contribution in [3.63, 3.8) is 0 Å². The van der Waals surface area contributed by atoms with E-state index >= 15 is 0 Å². The maximum absolute atomic E-state index is 14.1. The molecule has 3 atom stereocenters. The van der Waals surface area contributed by atoms with E-state index in [1.165, 1.54) is 19.3 Å². The minimum atomic E-state index is -1.77. The fourth-order valence-electron chi connectivity index (χ4n) is 3.41. The summed E-state index contributed by atoms with van der Waals surface area (Å²) in [6, 6.07) is 8.94. The first-order chi connectivity index (χ1) is 15.4. The van der Waals surface area contributed by atoms with Crippen LogP contribution in [0.5, 0.6) is 5.75 Å². The SMILES string of the molecule is CCCCCCc1ccnc(-c2ccc(OC[C@@H](F)[C@H](F)CC(C)CCC(=O)O)cc2)n1. The number of ether oxygens (including phenoxy) is 1. The highest BCUT2D eigenvalue weighted by Gasteiger charge is 2.24. The summed E-state index contributed by atoms with van der Waals surface area (Å²) >= 11 is 0. The lowest BCUT2D eigenvalue weighted by atomic mass is 9.97. The van der Waals surface area contributed by atoms with Gasteiger partial charge in [-0.05, 0) is 61.9 Å². The number of benzene rings is 1. The Kier molecular flexibility index (Phi) is 11.0. The number of aliphatic carboxylic acids is 1. The van der Waals surface area contributed by atoms with Gasteiger partial charge >= 0.3 is 5.97 Å². The minimum Gasteiger partial charge on any atom is -0.490 e. The lowest BCUT2D eigenvalue weighted by Crippen LogP contribution is -2.26. The number of halogens is 2. The molecule has 0 aliphatic carbocycles. The van der Waals surface area contributed by atoms with E-state index in [9.17, 15) is 13.6 Å². The number of aryl methyl sites for hydroxylation is 1. The lowest BCUT2D eigenvalue weighted by Gasteiger charge is -2.18. The van der Waals surface area contributed by atoms with Crippen molar-refractivity contribution in [3.8, 4) is 17.1 Å². The molecule has 0 spiro atoms. The number of rotatable bonds is 15. The predicted molar refractivity (Wildman–Crippen MR) is 121 cm³/mol. The molecule has 0 fully saturated rings. The molecule has 1 aromatic carbocycles. The summed E-state index contributed by atoms with van der Waals surface area (Å²) in [5, 5.41) is 8.68.